The molecule has 82 valence electrons. The van der Waals surface area contributed by atoms with Crippen LogP contribution in [0.2, 0.25) is 0 Å². The summed E-state index contributed by atoms with van der Waals surface area (Å²) in [7, 11) is 1.62. The van der Waals surface area contributed by atoms with Gasteiger partial charge in [-0.15, -0.1) is 0 Å². The fourth-order valence-electron chi connectivity index (χ4n) is 1.66. The average Bonchev–Trinajstić information content (AvgIpc) is 2.12. The van der Waals surface area contributed by atoms with Gasteiger partial charge < -0.3 is 15.2 Å². The molecule has 0 aliphatic heterocycles. The highest BCUT2D eigenvalue weighted by Crippen LogP contribution is 2.31. The Bertz CT molecular complexity index is 184. The maximum atomic E-state index is 11.4. The van der Waals surface area contributed by atoms with Crippen LogP contribution in [0.15, 0.2) is 0 Å². The number of hydrogen-bond acceptors (Lipinski definition) is 3. The molecule has 1 fully saturated rings. The Morgan fingerprint density at radius 3 is 2.71 bits per heavy atom. The first-order valence-electron chi connectivity index (χ1n) is 5.13. The van der Waals surface area contributed by atoms with E-state index < -0.39 is 0 Å². The second-order valence-corrected chi connectivity index (χ2v) is 3.94. The van der Waals surface area contributed by atoms with Crippen molar-refractivity contribution in [1.82, 2.24) is 5.32 Å². The van der Waals surface area contributed by atoms with Crippen LogP contribution in [0.1, 0.15) is 32.1 Å². The zero-order valence-corrected chi connectivity index (χ0v) is 8.71. The lowest BCUT2D eigenvalue weighted by Gasteiger charge is -2.41. The van der Waals surface area contributed by atoms with Crippen molar-refractivity contribution in [2.24, 2.45) is 0 Å². The van der Waals surface area contributed by atoms with Gasteiger partial charge in [-0.2, -0.15) is 0 Å². The van der Waals surface area contributed by atoms with Gasteiger partial charge in [0.05, 0.1) is 12.1 Å². The maximum Gasteiger partial charge on any atom is 0.220 e. The first-order chi connectivity index (χ1) is 6.72. The lowest BCUT2D eigenvalue weighted by atomic mass is 9.77. The summed E-state index contributed by atoms with van der Waals surface area (Å²) in [6.45, 7) is 0.669. The highest BCUT2D eigenvalue weighted by atomic mass is 16.5. The van der Waals surface area contributed by atoms with Crippen LogP contribution in [0.4, 0.5) is 0 Å². The standard InChI is InChI=1S/C10H19NO3/c1-14-7-2-4-9(13)11-10(8-12)5-3-6-10/h12H,2-8H2,1H3,(H,11,13). The molecule has 14 heavy (non-hydrogen) atoms. The number of aliphatic hydroxyl groups is 1. The smallest absolute Gasteiger partial charge is 0.220 e. The molecule has 4 nitrogen and oxygen atoms in total. The number of ether oxygens (including phenoxy) is 1. The monoisotopic (exact) mass is 201 g/mol. The second-order valence-electron chi connectivity index (χ2n) is 3.94. The van der Waals surface area contributed by atoms with Gasteiger partial charge in [0.1, 0.15) is 0 Å². The number of aliphatic hydroxyl groups excluding tert-OH is 1. The van der Waals surface area contributed by atoms with E-state index in [1.165, 1.54) is 0 Å². The van der Waals surface area contributed by atoms with E-state index in [0.717, 1.165) is 25.7 Å². The highest BCUT2D eigenvalue weighted by Gasteiger charge is 2.37. The van der Waals surface area contributed by atoms with E-state index in [-0.39, 0.29) is 18.1 Å². The van der Waals surface area contributed by atoms with E-state index >= 15 is 0 Å². The molecule has 0 bridgehead atoms. The molecule has 1 saturated carbocycles. The molecule has 0 saturated heterocycles. The minimum atomic E-state index is -0.301. The molecule has 0 atom stereocenters. The van der Waals surface area contributed by atoms with Gasteiger partial charge in [-0.1, -0.05) is 0 Å². The summed E-state index contributed by atoms with van der Waals surface area (Å²) in [5.41, 5.74) is -0.301. The molecule has 1 aliphatic carbocycles. The molecule has 0 radical (unpaired) electrons. The van der Waals surface area contributed by atoms with Crippen molar-refractivity contribution in [2.45, 2.75) is 37.6 Å². The van der Waals surface area contributed by atoms with Crippen molar-refractivity contribution < 1.29 is 14.6 Å². The molecule has 0 aromatic carbocycles. The van der Waals surface area contributed by atoms with Gasteiger partial charge in [-0.05, 0) is 25.7 Å². The number of carbonyl (C=O) groups is 1. The van der Waals surface area contributed by atoms with Crippen molar-refractivity contribution in [1.29, 1.82) is 0 Å². The largest absolute Gasteiger partial charge is 0.394 e. The number of carbonyl (C=O) groups excluding carboxylic acids is 1. The number of rotatable bonds is 6. The normalized spacial score (nSPS) is 18.7. The molecule has 4 heteroatoms. The molecule has 1 aliphatic rings. The number of amides is 1. The fourth-order valence-corrected chi connectivity index (χ4v) is 1.66. The zero-order chi connectivity index (χ0) is 10.4. The van der Waals surface area contributed by atoms with Crippen LogP contribution in [0.3, 0.4) is 0 Å². The Hall–Kier alpha value is -0.610. The molecule has 0 aromatic heterocycles. The quantitative estimate of drug-likeness (QED) is 0.613. The first kappa shape index (κ1) is 11.5. The minimum absolute atomic E-state index is 0.0239. The summed E-state index contributed by atoms with van der Waals surface area (Å²) in [5, 5.41) is 12.0. The highest BCUT2D eigenvalue weighted by molar-refractivity contribution is 5.76. The Morgan fingerprint density at radius 2 is 2.29 bits per heavy atom. The zero-order valence-electron chi connectivity index (χ0n) is 8.71. The van der Waals surface area contributed by atoms with Gasteiger partial charge in [0.15, 0.2) is 0 Å². The van der Waals surface area contributed by atoms with E-state index in [1.807, 2.05) is 0 Å². The van der Waals surface area contributed by atoms with E-state index in [1.54, 1.807) is 7.11 Å². The van der Waals surface area contributed by atoms with Gasteiger partial charge in [-0.25, -0.2) is 0 Å². The van der Waals surface area contributed by atoms with E-state index in [0.29, 0.717) is 13.0 Å². The molecule has 2 N–H and O–H groups in total. The van der Waals surface area contributed by atoms with E-state index in [2.05, 4.69) is 5.32 Å². The SMILES string of the molecule is COCCCC(=O)NC1(CO)CCC1. The summed E-state index contributed by atoms with van der Waals surface area (Å²) >= 11 is 0. The van der Waals surface area contributed by atoms with Crippen LogP contribution in [-0.4, -0.2) is 36.9 Å². The summed E-state index contributed by atoms with van der Waals surface area (Å²) in [6.07, 6.45) is 4.12. The Kier molecular flexibility index (Phi) is 4.35. The number of hydrogen-bond donors (Lipinski definition) is 2. The average molecular weight is 201 g/mol. The van der Waals surface area contributed by atoms with Gasteiger partial charge in [0.25, 0.3) is 0 Å². The lowest BCUT2D eigenvalue weighted by molar-refractivity contribution is -0.125. The van der Waals surface area contributed by atoms with Crippen LogP contribution in [0.25, 0.3) is 0 Å². The van der Waals surface area contributed by atoms with Crippen LogP contribution in [0.5, 0.6) is 0 Å². The molecule has 0 spiro atoms. The summed E-state index contributed by atoms with van der Waals surface area (Å²) < 4.78 is 4.86. The Labute approximate surface area is 84.6 Å². The number of methoxy groups -OCH3 is 1. The lowest BCUT2D eigenvalue weighted by Crippen LogP contribution is -2.56. The molecular formula is C10H19NO3. The first-order valence-corrected chi connectivity index (χ1v) is 5.13. The molecular weight excluding hydrogens is 182 g/mol. The van der Waals surface area contributed by atoms with Crippen molar-refractivity contribution >= 4 is 5.91 Å². The summed E-state index contributed by atoms with van der Waals surface area (Å²) in [4.78, 5) is 11.4. The predicted molar refractivity (Wildman–Crippen MR) is 52.9 cm³/mol. The van der Waals surface area contributed by atoms with Crippen LogP contribution in [-0.2, 0) is 9.53 Å². The Balaban J connectivity index is 2.18. The molecule has 0 heterocycles. The molecule has 1 amide bonds. The summed E-state index contributed by atoms with van der Waals surface area (Å²) in [5.74, 6) is 0.0239. The second kappa shape index (κ2) is 5.32. The fraction of sp³-hybridized carbons (Fsp3) is 0.900. The molecule has 0 aromatic rings. The predicted octanol–water partition coefficient (Wildman–Crippen LogP) is 0.444. The molecule has 0 unspecified atom stereocenters. The number of nitrogens with one attached hydrogen (secondary N) is 1. The van der Waals surface area contributed by atoms with Gasteiger partial charge in [0, 0.05) is 20.1 Å². The van der Waals surface area contributed by atoms with Crippen molar-refractivity contribution in [3.8, 4) is 0 Å². The van der Waals surface area contributed by atoms with Gasteiger partial charge in [0.2, 0.25) is 5.91 Å². The minimum Gasteiger partial charge on any atom is -0.394 e. The third kappa shape index (κ3) is 2.96. The third-order valence-electron chi connectivity index (χ3n) is 2.77. The van der Waals surface area contributed by atoms with Crippen LogP contribution < -0.4 is 5.32 Å². The van der Waals surface area contributed by atoms with Crippen molar-refractivity contribution in [3.05, 3.63) is 0 Å². The van der Waals surface area contributed by atoms with Gasteiger partial charge >= 0.3 is 0 Å². The van der Waals surface area contributed by atoms with E-state index in [9.17, 15) is 4.79 Å². The Morgan fingerprint density at radius 1 is 1.57 bits per heavy atom. The topological polar surface area (TPSA) is 58.6 Å². The third-order valence-corrected chi connectivity index (χ3v) is 2.77. The summed E-state index contributed by atoms with van der Waals surface area (Å²) in [6, 6.07) is 0. The van der Waals surface area contributed by atoms with Gasteiger partial charge in [-0.3, -0.25) is 4.79 Å². The van der Waals surface area contributed by atoms with Crippen LogP contribution >= 0.6 is 0 Å². The molecule has 1 rings (SSSR count). The van der Waals surface area contributed by atoms with Crippen LogP contribution in [0, 0.1) is 0 Å². The van der Waals surface area contributed by atoms with Crippen molar-refractivity contribution in [3.63, 3.8) is 0 Å². The van der Waals surface area contributed by atoms with E-state index in [4.69, 9.17) is 9.84 Å². The van der Waals surface area contributed by atoms with Crippen molar-refractivity contribution in [2.75, 3.05) is 20.3 Å². The maximum absolute atomic E-state index is 11.4.